The van der Waals surface area contributed by atoms with Gasteiger partial charge < -0.3 is 0 Å². The fourth-order valence-electron chi connectivity index (χ4n) is 2.13. The van der Waals surface area contributed by atoms with Gasteiger partial charge in [-0.25, -0.2) is 0 Å². The van der Waals surface area contributed by atoms with Crippen LogP contribution in [0.2, 0.25) is 5.02 Å². The van der Waals surface area contributed by atoms with Crippen LogP contribution in [0.4, 0.5) is 0 Å². The Hall–Kier alpha value is -1.43. The van der Waals surface area contributed by atoms with Crippen molar-refractivity contribution < 1.29 is 0 Å². The van der Waals surface area contributed by atoms with Gasteiger partial charge in [0.25, 0.3) is 0 Å². The minimum Gasteiger partial charge on any atom is -0.271 e. The van der Waals surface area contributed by atoms with Crippen molar-refractivity contribution >= 4 is 11.6 Å². The highest BCUT2D eigenvalue weighted by molar-refractivity contribution is 6.31. The highest BCUT2D eigenvalue weighted by Crippen LogP contribution is 2.25. The molecule has 2 rings (SSSR count). The Bertz CT molecular complexity index is 511. The lowest BCUT2D eigenvalue weighted by Gasteiger charge is -2.17. The van der Waals surface area contributed by atoms with Gasteiger partial charge in [0.05, 0.1) is 23.0 Å². The number of hydrogen-bond donors (Lipinski definition) is 2. The number of halogens is 1. The molecule has 0 fully saturated rings. The number of nitrogens with zero attached hydrogens (tertiary/aromatic N) is 3. The number of nitrogens with one attached hydrogen (secondary N) is 1. The molecule has 0 saturated heterocycles. The van der Waals surface area contributed by atoms with Crippen molar-refractivity contribution in [2.24, 2.45) is 5.84 Å². The third-order valence-electron chi connectivity index (χ3n) is 3.14. The van der Waals surface area contributed by atoms with E-state index in [1.54, 1.807) is 18.6 Å². The third-order valence-corrected chi connectivity index (χ3v) is 3.43. The molecule has 0 aliphatic rings. The van der Waals surface area contributed by atoms with E-state index in [0.29, 0.717) is 5.02 Å². The maximum Gasteiger partial charge on any atom is 0.0834 e. The van der Waals surface area contributed by atoms with Crippen LogP contribution in [0.25, 0.3) is 0 Å². The van der Waals surface area contributed by atoms with Gasteiger partial charge in [-0.2, -0.15) is 5.10 Å². The first-order valence-electron chi connectivity index (χ1n) is 6.32. The first kappa shape index (κ1) is 14.0. The number of hydrazine groups is 1. The van der Waals surface area contributed by atoms with Crippen molar-refractivity contribution in [3.05, 3.63) is 47.0 Å². The molecular formula is C13H18ClN5. The molecule has 6 heteroatoms. The monoisotopic (exact) mass is 279 g/mol. The van der Waals surface area contributed by atoms with Gasteiger partial charge in [0.2, 0.25) is 0 Å². The van der Waals surface area contributed by atoms with Gasteiger partial charge in [0.15, 0.2) is 0 Å². The zero-order chi connectivity index (χ0) is 13.7. The Kier molecular flexibility index (Phi) is 4.90. The Balaban J connectivity index is 2.10. The average molecular weight is 280 g/mol. The molecule has 0 radical (unpaired) electrons. The van der Waals surface area contributed by atoms with Crippen LogP contribution in [0.15, 0.2) is 30.7 Å². The highest BCUT2D eigenvalue weighted by Gasteiger charge is 2.18. The molecule has 0 bridgehead atoms. The zero-order valence-corrected chi connectivity index (χ0v) is 11.6. The second kappa shape index (κ2) is 6.65. The fourth-order valence-corrected chi connectivity index (χ4v) is 2.40. The molecule has 0 aliphatic carbocycles. The number of aryl methyl sites for hydroxylation is 2. The van der Waals surface area contributed by atoms with Gasteiger partial charge in [-0.1, -0.05) is 11.6 Å². The van der Waals surface area contributed by atoms with Crippen molar-refractivity contribution in [1.29, 1.82) is 0 Å². The van der Waals surface area contributed by atoms with Crippen molar-refractivity contribution in [1.82, 2.24) is 20.2 Å². The Morgan fingerprint density at radius 1 is 1.42 bits per heavy atom. The molecule has 3 N–H and O–H groups in total. The lowest BCUT2D eigenvalue weighted by atomic mass is 10.0. The Morgan fingerprint density at radius 2 is 2.16 bits per heavy atom. The van der Waals surface area contributed by atoms with Gasteiger partial charge in [-0.15, -0.1) is 0 Å². The summed E-state index contributed by atoms with van der Waals surface area (Å²) in [7, 11) is 0. The number of pyridine rings is 1. The van der Waals surface area contributed by atoms with E-state index in [9.17, 15) is 0 Å². The lowest BCUT2D eigenvalue weighted by Crippen LogP contribution is -2.30. The quantitative estimate of drug-likeness (QED) is 0.628. The molecular weight excluding hydrogens is 262 g/mol. The molecule has 0 spiro atoms. The van der Waals surface area contributed by atoms with Crippen molar-refractivity contribution in [3.63, 3.8) is 0 Å². The number of aromatic nitrogens is 3. The van der Waals surface area contributed by atoms with Crippen LogP contribution < -0.4 is 11.3 Å². The SMILES string of the molecule is CCn1ncc(Cl)c1C(CCc1ccncc1)NN. The lowest BCUT2D eigenvalue weighted by molar-refractivity contribution is 0.467. The molecule has 0 amide bonds. The van der Waals surface area contributed by atoms with Crippen molar-refractivity contribution in [2.75, 3.05) is 0 Å². The fraction of sp³-hybridized carbons (Fsp3) is 0.385. The molecule has 2 aromatic rings. The van der Waals surface area contributed by atoms with E-state index in [-0.39, 0.29) is 6.04 Å². The summed E-state index contributed by atoms with van der Waals surface area (Å²) >= 11 is 6.19. The summed E-state index contributed by atoms with van der Waals surface area (Å²) in [5.41, 5.74) is 5.00. The van der Waals surface area contributed by atoms with Gasteiger partial charge >= 0.3 is 0 Å². The van der Waals surface area contributed by atoms with Gasteiger partial charge in [0, 0.05) is 18.9 Å². The first-order chi connectivity index (χ1) is 9.26. The van der Waals surface area contributed by atoms with Gasteiger partial charge in [0.1, 0.15) is 0 Å². The van der Waals surface area contributed by atoms with Crippen LogP contribution in [0.1, 0.15) is 30.6 Å². The summed E-state index contributed by atoms with van der Waals surface area (Å²) in [4.78, 5) is 4.01. The number of rotatable bonds is 6. The number of hydrogen-bond acceptors (Lipinski definition) is 4. The Morgan fingerprint density at radius 3 is 2.79 bits per heavy atom. The molecule has 1 unspecified atom stereocenters. The number of nitrogens with two attached hydrogens (primary N) is 1. The van der Waals surface area contributed by atoms with E-state index in [1.165, 1.54) is 5.56 Å². The standard InChI is InChI=1S/C13H18ClN5/c1-2-19-13(11(14)9-17-19)12(18-15)4-3-10-5-7-16-8-6-10/h5-9,12,18H,2-4,15H2,1H3. The minimum absolute atomic E-state index is 0.0110. The average Bonchev–Trinajstić information content (AvgIpc) is 2.82. The molecule has 19 heavy (non-hydrogen) atoms. The summed E-state index contributed by atoms with van der Waals surface area (Å²) in [6.45, 7) is 2.80. The van der Waals surface area contributed by atoms with Gasteiger partial charge in [-0.3, -0.25) is 20.9 Å². The molecule has 2 heterocycles. The van der Waals surface area contributed by atoms with Crippen molar-refractivity contribution in [2.45, 2.75) is 32.4 Å². The summed E-state index contributed by atoms with van der Waals surface area (Å²) in [6.07, 6.45) is 7.01. The van der Waals surface area contributed by atoms with E-state index >= 15 is 0 Å². The Labute approximate surface area is 117 Å². The van der Waals surface area contributed by atoms with Crippen LogP contribution >= 0.6 is 11.6 Å². The maximum atomic E-state index is 6.19. The van der Waals surface area contributed by atoms with Gasteiger partial charge in [-0.05, 0) is 37.5 Å². The smallest absolute Gasteiger partial charge is 0.0834 e. The normalized spacial score (nSPS) is 12.6. The minimum atomic E-state index is -0.0110. The highest BCUT2D eigenvalue weighted by atomic mass is 35.5. The summed E-state index contributed by atoms with van der Waals surface area (Å²) in [5.74, 6) is 5.66. The second-order valence-electron chi connectivity index (χ2n) is 4.31. The third kappa shape index (κ3) is 3.32. The largest absolute Gasteiger partial charge is 0.271 e. The van der Waals surface area contributed by atoms with E-state index in [2.05, 4.69) is 15.5 Å². The summed E-state index contributed by atoms with van der Waals surface area (Å²) < 4.78 is 1.87. The van der Waals surface area contributed by atoms with Crippen LogP contribution in [-0.4, -0.2) is 14.8 Å². The first-order valence-corrected chi connectivity index (χ1v) is 6.70. The second-order valence-corrected chi connectivity index (χ2v) is 4.71. The van der Waals surface area contributed by atoms with Crippen LogP contribution in [0.3, 0.4) is 0 Å². The van der Waals surface area contributed by atoms with E-state index in [4.69, 9.17) is 17.4 Å². The van der Waals surface area contributed by atoms with Crippen LogP contribution in [0, 0.1) is 0 Å². The molecule has 2 aromatic heterocycles. The molecule has 0 aromatic carbocycles. The predicted octanol–water partition coefficient (Wildman–Crippen LogP) is 2.09. The zero-order valence-electron chi connectivity index (χ0n) is 10.9. The van der Waals surface area contributed by atoms with E-state index in [0.717, 1.165) is 25.1 Å². The summed E-state index contributed by atoms with van der Waals surface area (Å²) in [6, 6.07) is 4.00. The van der Waals surface area contributed by atoms with Crippen molar-refractivity contribution in [3.8, 4) is 0 Å². The topological polar surface area (TPSA) is 68.8 Å². The molecule has 102 valence electrons. The maximum absolute atomic E-state index is 6.19. The van der Waals surface area contributed by atoms with E-state index in [1.807, 2.05) is 23.7 Å². The van der Waals surface area contributed by atoms with Crippen LogP contribution in [0.5, 0.6) is 0 Å². The molecule has 1 atom stereocenters. The summed E-state index contributed by atoms with van der Waals surface area (Å²) in [5, 5.41) is 4.89. The van der Waals surface area contributed by atoms with Crippen LogP contribution in [-0.2, 0) is 13.0 Å². The molecule has 5 nitrogen and oxygen atoms in total. The van der Waals surface area contributed by atoms with E-state index < -0.39 is 0 Å². The molecule has 0 saturated carbocycles. The molecule has 0 aliphatic heterocycles. The predicted molar refractivity (Wildman–Crippen MR) is 75.5 cm³/mol.